The molecule has 5 heteroatoms. The molecule has 11 heavy (non-hydrogen) atoms. The fourth-order valence-electron chi connectivity index (χ4n) is 0.667. The summed E-state index contributed by atoms with van der Waals surface area (Å²) >= 11 is -1.72. The van der Waals surface area contributed by atoms with Crippen LogP contribution in [-0.2, 0) is 0 Å². The van der Waals surface area contributed by atoms with Gasteiger partial charge in [0.25, 0.3) is 0 Å². The monoisotopic (exact) mass is 233 g/mol. The van der Waals surface area contributed by atoms with Crippen molar-refractivity contribution in [2.24, 2.45) is 0 Å². The van der Waals surface area contributed by atoms with Gasteiger partial charge in [-0.3, -0.25) is 0 Å². The van der Waals surface area contributed by atoms with Crippen LogP contribution in [-0.4, -0.2) is 23.5 Å². The van der Waals surface area contributed by atoms with Crippen LogP contribution in [0.1, 0.15) is 27.7 Å². The fourth-order valence-corrected chi connectivity index (χ4v) is 0.667. The largest absolute Gasteiger partial charge is 0.643 e. The molecule has 0 aromatic heterocycles. The lowest BCUT2D eigenvalue weighted by atomic mass is 10.3. The van der Waals surface area contributed by atoms with E-state index in [1.807, 2.05) is 0 Å². The molecule has 0 saturated carbocycles. The van der Waals surface area contributed by atoms with Crippen LogP contribution in [0, 0.1) is 0 Å². The summed E-state index contributed by atoms with van der Waals surface area (Å²) in [6.07, 6.45) is 0. The van der Waals surface area contributed by atoms with Crippen LogP contribution >= 0.6 is 30.1 Å². The highest BCUT2D eigenvalue weighted by Gasteiger charge is 2.00. The molecule has 0 atom stereocenters. The molecule has 0 rings (SSSR count). The van der Waals surface area contributed by atoms with E-state index in [0.717, 1.165) is 0 Å². The molecule has 0 unspecified atom stereocenters. The zero-order valence-corrected chi connectivity index (χ0v) is 10.8. The molecule has 0 bridgehead atoms. The van der Waals surface area contributed by atoms with Crippen LogP contribution in [0.2, 0.25) is 0 Å². The summed E-state index contributed by atoms with van der Waals surface area (Å²) in [5, 5.41) is 3.31. The second-order valence-electron chi connectivity index (χ2n) is 2.72. The van der Waals surface area contributed by atoms with Crippen LogP contribution in [0.3, 0.4) is 0 Å². The Balaban J connectivity index is 0. The molecule has 0 fully saturated rings. The standard InChI is InChI=1S/C6H15N.Al.3ClH/c1-5(2)7-6(3)4;;;;/h5-7H,1-4H3;;3*1H/q;+3;;;/p-3. The first kappa shape index (κ1) is 14.9. The second kappa shape index (κ2) is 9.45. The number of nitrogens with one attached hydrogen (secondary N) is 1. The summed E-state index contributed by atoms with van der Waals surface area (Å²) in [5.74, 6) is 0. The van der Waals surface area contributed by atoms with Crippen LogP contribution in [0.25, 0.3) is 0 Å². The van der Waals surface area contributed by atoms with Crippen molar-refractivity contribution in [1.82, 2.24) is 5.32 Å². The van der Waals surface area contributed by atoms with Crippen LogP contribution in [0.15, 0.2) is 0 Å². The van der Waals surface area contributed by atoms with Crippen LogP contribution in [0.5, 0.6) is 0 Å². The van der Waals surface area contributed by atoms with Gasteiger partial charge in [0.2, 0.25) is 0 Å². The van der Waals surface area contributed by atoms with Gasteiger partial charge in [-0.15, -0.1) is 0 Å². The molecular formula is C6H15AlCl3N. The lowest BCUT2D eigenvalue weighted by molar-refractivity contribution is 0.518. The lowest BCUT2D eigenvalue weighted by Gasteiger charge is -2.10. The Labute approximate surface area is 86.4 Å². The van der Waals surface area contributed by atoms with Crippen molar-refractivity contribution in [2.75, 3.05) is 0 Å². The Bertz CT molecular complexity index is 69.5. The quantitative estimate of drug-likeness (QED) is 0.724. The van der Waals surface area contributed by atoms with E-state index in [0.29, 0.717) is 12.1 Å². The molecule has 1 nitrogen and oxygen atoms in total. The predicted molar refractivity (Wildman–Crippen MR) is 56.7 cm³/mol. The molecule has 0 heterocycles. The van der Waals surface area contributed by atoms with Crippen LogP contribution < -0.4 is 5.32 Å². The number of hydrogen-bond acceptors (Lipinski definition) is 1. The van der Waals surface area contributed by atoms with E-state index < -0.39 is 11.4 Å². The molecule has 0 aromatic rings. The topological polar surface area (TPSA) is 12.0 Å². The van der Waals surface area contributed by atoms with Gasteiger partial charge in [-0.1, -0.05) is 27.7 Å². The van der Waals surface area contributed by atoms with Crippen molar-refractivity contribution in [3.05, 3.63) is 0 Å². The van der Waals surface area contributed by atoms with Crippen molar-refractivity contribution < 1.29 is 0 Å². The Morgan fingerprint density at radius 1 is 0.909 bits per heavy atom. The Kier molecular flexibility index (Phi) is 12.8. The third-order valence-corrected chi connectivity index (χ3v) is 0.667. The number of rotatable bonds is 2. The van der Waals surface area contributed by atoms with Crippen molar-refractivity contribution in [2.45, 2.75) is 39.8 Å². The van der Waals surface area contributed by atoms with Gasteiger partial charge in [-0.2, -0.15) is 0 Å². The Hall–Kier alpha value is 1.36. The highest BCUT2D eigenvalue weighted by atomic mass is 35.8. The third kappa shape index (κ3) is 34.6. The molecule has 0 saturated heterocycles. The minimum atomic E-state index is -1.72. The molecule has 0 amide bonds. The average Bonchev–Trinajstić information content (AvgIpc) is 1.56. The summed E-state index contributed by atoms with van der Waals surface area (Å²) in [5.41, 5.74) is 0. The van der Waals surface area contributed by atoms with E-state index in [-0.39, 0.29) is 0 Å². The molecule has 0 aliphatic carbocycles. The van der Waals surface area contributed by atoms with Gasteiger partial charge in [0, 0.05) is 12.1 Å². The summed E-state index contributed by atoms with van der Waals surface area (Å²) < 4.78 is 0. The zero-order valence-electron chi connectivity index (χ0n) is 7.37. The third-order valence-electron chi connectivity index (χ3n) is 0.667. The fraction of sp³-hybridized carbons (Fsp3) is 1.00. The van der Waals surface area contributed by atoms with E-state index in [4.69, 9.17) is 30.1 Å². The molecule has 0 aliphatic heterocycles. The van der Waals surface area contributed by atoms with Crippen molar-refractivity contribution >= 4 is 41.5 Å². The zero-order chi connectivity index (χ0) is 9.44. The Morgan fingerprint density at radius 2 is 1.09 bits per heavy atom. The van der Waals surface area contributed by atoms with Gasteiger partial charge in [0.15, 0.2) is 0 Å². The molecule has 0 radical (unpaired) electrons. The van der Waals surface area contributed by atoms with Crippen molar-refractivity contribution in [3.63, 3.8) is 0 Å². The van der Waals surface area contributed by atoms with Gasteiger partial charge in [0.05, 0.1) is 0 Å². The van der Waals surface area contributed by atoms with E-state index in [1.54, 1.807) is 0 Å². The van der Waals surface area contributed by atoms with Gasteiger partial charge >= 0.3 is 11.4 Å². The normalized spacial score (nSPS) is 9.55. The van der Waals surface area contributed by atoms with Crippen molar-refractivity contribution in [1.29, 1.82) is 0 Å². The van der Waals surface area contributed by atoms with E-state index >= 15 is 0 Å². The highest BCUT2D eigenvalue weighted by Crippen LogP contribution is 1.97. The predicted octanol–water partition coefficient (Wildman–Crippen LogP) is 3.08. The van der Waals surface area contributed by atoms with Gasteiger partial charge in [-0.25, -0.2) is 30.1 Å². The molecule has 0 spiro atoms. The molecule has 0 aliphatic rings. The lowest BCUT2D eigenvalue weighted by Crippen LogP contribution is -2.29. The molecule has 68 valence electrons. The Morgan fingerprint density at radius 3 is 1.09 bits per heavy atom. The summed E-state index contributed by atoms with van der Waals surface area (Å²) in [6, 6.07) is 1.25. The maximum absolute atomic E-state index is 4.94. The van der Waals surface area contributed by atoms with Gasteiger partial charge in [-0.05, 0) is 0 Å². The summed E-state index contributed by atoms with van der Waals surface area (Å²) in [6.45, 7) is 8.61. The van der Waals surface area contributed by atoms with Crippen molar-refractivity contribution in [3.8, 4) is 0 Å². The minimum absolute atomic E-state index is 0.625. The number of hydrogen-bond donors (Lipinski definition) is 1. The van der Waals surface area contributed by atoms with Crippen LogP contribution in [0.4, 0.5) is 0 Å². The molecule has 1 N–H and O–H groups in total. The van der Waals surface area contributed by atoms with E-state index in [9.17, 15) is 0 Å². The first-order chi connectivity index (χ1) is 4.86. The maximum atomic E-state index is 4.94. The highest BCUT2D eigenvalue weighted by molar-refractivity contribution is 7.54. The van der Waals surface area contributed by atoms with E-state index in [1.165, 1.54) is 0 Å². The first-order valence-corrected chi connectivity index (χ1v) is 8.78. The second-order valence-corrected chi connectivity index (χ2v) is 9.16. The molecular weight excluding hydrogens is 219 g/mol. The minimum Gasteiger partial charge on any atom is -0.312 e. The van der Waals surface area contributed by atoms with E-state index in [2.05, 4.69) is 33.0 Å². The average molecular weight is 235 g/mol. The summed E-state index contributed by atoms with van der Waals surface area (Å²) in [4.78, 5) is 0. The SMILES string of the molecule is CC(C)NC(C)C.[Cl][Al]([Cl])[Cl]. The van der Waals surface area contributed by atoms with Gasteiger partial charge < -0.3 is 5.32 Å². The smallest absolute Gasteiger partial charge is 0.312 e. The maximum Gasteiger partial charge on any atom is 0.643 e. The number of halogens is 3. The molecule has 0 aromatic carbocycles. The van der Waals surface area contributed by atoms with Gasteiger partial charge in [0.1, 0.15) is 0 Å². The summed E-state index contributed by atoms with van der Waals surface area (Å²) in [7, 11) is 14.8. The first-order valence-electron chi connectivity index (χ1n) is 3.54.